The molecule has 1 saturated heterocycles. The van der Waals surface area contributed by atoms with Gasteiger partial charge in [0.2, 0.25) is 0 Å². The lowest BCUT2D eigenvalue weighted by Gasteiger charge is -2.34. The molecule has 58 heavy (non-hydrogen) atoms. The van der Waals surface area contributed by atoms with Crippen molar-refractivity contribution >= 4 is 24.5 Å². The molecule has 1 heterocycles. The molecule has 1 aliphatic heterocycles. The molecular formula is C34H23F13N3O5P3+2. The van der Waals surface area contributed by atoms with Crippen molar-refractivity contribution in [1.82, 2.24) is 14.6 Å². The zero-order valence-electron chi connectivity index (χ0n) is 28.3. The number of alkyl halides is 12. The average Bonchev–Trinajstić information content (AvgIpc) is 3.11. The highest BCUT2D eigenvalue weighted by Crippen LogP contribution is 2.74. The smallest absolute Gasteiger partial charge is 0.438 e. The quantitative estimate of drug-likeness (QED) is 0.0945. The van der Waals surface area contributed by atoms with Gasteiger partial charge in [0.25, 0.3) is 0 Å². The molecule has 6 rings (SSSR count). The molecule has 0 saturated carbocycles. The van der Waals surface area contributed by atoms with E-state index in [2.05, 4.69) is 14.6 Å². The topological polar surface area (TPSA) is 82.2 Å². The Hall–Kier alpha value is -4.64. The van der Waals surface area contributed by atoms with E-state index in [4.69, 9.17) is 22.6 Å². The van der Waals surface area contributed by atoms with Crippen LogP contribution in [-0.4, -0.2) is 0 Å². The van der Waals surface area contributed by atoms with Gasteiger partial charge in [-0.25, -0.2) is 4.39 Å². The molecule has 1 fully saturated rings. The predicted octanol–water partition coefficient (Wildman–Crippen LogP) is 13.0. The Morgan fingerprint density at radius 3 is 1.02 bits per heavy atom. The summed E-state index contributed by atoms with van der Waals surface area (Å²) in [4.78, 5) is 7.80. The molecule has 24 heteroatoms. The normalized spacial score (nSPS) is 16.0. The van der Waals surface area contributed by atoms with E-state index in [1.54, 1.807) is 0 Å². The minimum atomic E-state index is -4.97. The molecule has 3 N–H and O–H groups in total. The number of para-hydroxylation sites is 1. The Bertz CT molecular complexity index is 1990. The van der Waals surface area contributed by atoms with Crippen LogP contribution in [0.25, 0.3) is 0 Å². The molecule has 0 unspecified atom stereocenters. The van der Waals surface area contributed by atoms with Gasteiger partial charge in [-0.05, 0) is 94.6 Å². The Morgan fingerprint density at radius 1 is 0.414 bits per heavy atom. The number of rotatable bonds is 10. The van der Waals surface area contributed by atoms with E-state index in [1.165, 1.54) is 12.1 Å². The SMILES string of the molecule is Fc1ccccc1OP1N[P+](Oc2cccc(C(F)(F)F)c2)(Oc2cccc(C(F)(F)F)c2)N[P+](Oc2cccc(C(F)(F)F)c2)(Oc2cccc(C(F)(F)F)c2)N1. The Balaban J connectivity index is 1.58. The van der Waals surface area contributed by atoms with E-state index in [0.29, 0.717) is 48.5 Å². The molecule has 8 nitrogen and oxygen atoms in total. The maximum absolute atomic E-state index is 15.0. The van der Waals surface area contributed by atoms with Crippen molar-refractivity contribution in [2.75, 3.05) is 0 Å². The number of benzene rings is 5. The molecule has 308 valence electrons. The van der Waals surface area contributed by atoms with Gasteiger partial charge in [0.15, 0.2) is 34.6 Å². The zero-order chi connectivity index (χ0) is 42.1. The molecule has 0 aromatic heterocycles. The lowest BCUT2D eigenvalue weighted by atomic mass is 10.2. The first-order valence-corrected chi connectivity index (χ1v) is 20.4. The van der Waals surface area contributed by atoms with Crippen LogP contribution < -0.4 is 37.2 Å². The largest absolute Gasteiger partial charge is 0.567 e. The molecule has 5 aromatic carbocycles. The maximum Gasteiger partial charge on any atom is 0.567 e. The summed E-state index contributed by atoms with van der Waals surface area (Å²) in [7, 11) is -12.6. The lowest BCUT2D eigenvalue weighted by Crippen LogP contribution is -2.47. The van der Waals surface area contributed by atoms with Crippen LogP contribution in [-0.2, 0) is 24.7 Å². The van der Waals surface area contributed by atoms with Crippen molar-refractivity contribution in [3.8, 4) is 28.7 Å². The second-order valence-electron chi connectivity index (χ2n) is 11.7. The summed E-state index contributed by atoms with van der Waals surface area (Å²) >= 11 is 0. The lowest BCUT2D eigenvalue weighted by molar-refractivity contribution is -0.138. The number of hydrogen-bond acceptors (Lipinski definition) is 8. The van der Waals surface area contributed by atoms with Gasteiger partial charge >= 0.3 is 49.2 Å². The number of nitrogens with one attached hydrogen (secondary N) is 3. The fourth-order valence-corrected chi connectivity index (χ4v) is 13.6. The van der Waals surface area contributed by atoms with Crippen LogP contribution >= 0.6 is 24.5 Å². The molecular weight excluding hydrogens is 870 g/mol. The third-order valence-electron chi connectivity index (χ3n) is 7.32. The minimum absolute atomic E-state index is 0.462. The van der Waals surface area contributed by atoms with Gasteiger partial charge in [0.1, 0.15) is 4.86 Å². The second-order valence-corrected chi connectivity index (χ2v) is 17.8. The van der Waals surface area contributed by atoms with Crippen LogP contribution in [0.15, 0.2) is 121 Å². The summed E-state index contributed by atoms with van der Waals surface area (Å²) < 4.78 is 211. The number of hydrogen-bond donors (Lipinski definition) is 3. The Kier molecular flexibility index (Phi) is 12.0. The van der Waals surface area contributed by atoms with E-state index >= 15 is 4.39 Å². The van der Waals surface area contributed by atoms with Gasteiger partial charge in [-0.15, -0.1) is 0 Å². The predicted molar refractivity (Wildman–Crippen MR) is 185 cm³/mol. The van der Waals surface area contributed by atoms with Crippen LogP contribution in [0.2, 0.25) is 0 Å². The van der Waals surface area contributed by atoms with Crippen molar-refractivity contribution in [2.45, 2.75) is 24.7 Å². The maximum atomic E-state index is 15.0. The van der Waals surface area contributed by atoms with Crippen LogP contribution in [0, 0.1) is 5.82 Å². The van der Waals surface area contributed by atoms with Crippen molar-refractivity contribution < 1.29 is 79.7 Å². The van der Waals surface area contributed by atoms with Crippen LogP contribution in [0.5, 0.6) is 28.7 Å². The van der Waals surface area contributed by atoms with E-state index in [0.717, 1.165) is 60.7 Å². The molecule has 0 amide bonds. The van der Waals surface area contributed by atoms with Gasteiger partial charge in [0, 0.05) is 0 Å². The van der Waals surface area contributed by atoms with Gasteiger partial charge < -0.3 is 4.52 Å². The third-order valence-corrected chi connectivity index (χ3v) is 15.2. The summed E-state index contributed by atoms with van der Waals surface area (Å²) in [5, 5.41) is 0. The average molecular weight is 893 g/mol. The van der Waals surface area contributed by atoms with E-state index in [9.17, 15) is 52.7 Å². The first-order valence-electron chi connectivity index (χ1n) is 15.8. The molecule has 1 aliphatic rings. The van der Waals surface area contributed by atoms with E-state index in [1.807, 2.05) is 0 Å². The van der Waals surface area contributed by atoms with Crippen LogP contribution in [0.3, 0.4) is 0 Å². The summed E-state index contributed by atoms with van der Waals surface area (Å²) in [6.45, 7) is 0. The summed E-state index contributed by atoms with van der Waals surface area (Å²) in [6.07, 6.45) is -19.9. The fourth-order valence-electron chi connectivity index (χ4n) is 4.85. The van der Waals surface area contributed by atoms with Crippen molar-refractivity contribution in [3.63, 3.8) is 0 Å². The fraction of sp³-hybridized carbons (Fsp3) is 0.118. The van der Waals surface area contributed by atoms with E-state index in [-0.39, 0.29) is 0 Å². The Labute approximate surface area is 321 Å². The molecule has 0 atom stereocenters. The van der Waals surface area contributed by atoms with Crippen molar-refractivity contribution in [3.05, 3.63) is 149 Å². The number of halogens is 13. The highest BCUT2D eigenvalue weighted by molar-refractivity contribution is 7.89. The second kappa shape index (κ2) is 16.2. The standard InChI is InChI=1S/C34H23F13N3O5P3/c35-29-15-1-2-16-30(29)51-56-48-57(52-25-11-3-7-21(17-25)31(36,37)38,53-26-12-4-8-22(18-26)32(39,40)41)50-58(49-56,54-27-13-5-9-23(19-27)33(42,43)44)55-28-14-6-10-24(20-28)34(45,46)47/h1-20,48-50H/q+2. The highest BCUT2D eigenvalue weighted by atomic mass is 31.3. The van der Waals surface area contributed by atoms with Crippen LogP contribution in [0.4, 0.5) is 57.1 Å². The van der Waals surface area contributed by atoms with Gasteiger partial charge in [0.05, 0.1) is 22.3 Å². The zero-order valence-corrected chi connectivity index (χ0v) is 31.0. The monoisotopic (exact) mass is 893 g/mol. The molecule has 0 spiro atoms. The first-order chi connectivity index (χ1) is 27.0. The minimum Gasteiger partial charge on any atom is -0.438 e. The van der Waals surface area contributed by atoms with Gasteiger partial charge in [-0.1, -0.05) is 36.4 Å². The third kappa shape index (κ3) is 10.7. The summed E-state index contributed by atoms with van der Waals surface area (Å²) in [5.41, 5.74) is -5.15. The van der Waals surface area contributed by atoms with Crippen molar-refractivity contribution in [2.24, 2.45) is 0 Å². The van der Waals surface area contributed by atoms with Crippen LogP contribution in [0.1, 0.15) is 22.3 Å². The van der Waals surface area contributed by atoms with Crippen molar-refractivity contribution in [1.29, 1.82) is 0 Å². The molecule has 5 aromatic rings. The van der Waals surface area contributed by atoms with Gasteiger partial charge in [-0.2, -0.15) is 52.7 Å². The summed E-state index contributed by atoms with van der Waals surface area (Å²) in [5.74, 6) is -4.32. The molecule has 0 radical (unpaired) electrons. The molecule has 0 aliphatic carbocycles. The molecule has 0 bridgehead atoms. The highest BCUT2D eigenvalue weighted by Gasteiger charge is 2.73. The summed E-state index contributed by atoms with van der Waals surface area (Å²) in [6, 6.07) is 16.5. The van der Waals surface area contributed by atoms with Gasteiger partial charge in [-0.3, -0.25) is 18.1 Å². The first kappa shape index (κ1) is 43.0. The Morgan fingerprint density at radius 2 is 0.724 bits per heavy atom. The van der Waals surface area contributed by atoms with E-state index < -0.39 is 106 Å².